The maximum absolute atomic E-state index is 12.3. The molecule has 2 rings (SSSR count). The van der Waals surface area contributed by atoms with E-state index in [4.69, 9.17) is 10.5 Å². The molecule has 0 saturated carbocycles. The smallest absolute Gasteiger partial charge is 0.227 e. The second kappa shape index (κ2) is 5.40. The molecule has 1 atom stereocenters. The molecule has 98 valence electrons. The van der Waals surface area contributed by atoms with E-state index in [1.165, 1.54) is 5.56 Å². The summed E-state index contributed by atoms with van der Waals surface area (Å²) < 4.78 is 5.06. The van der Waals surface area contributed by atoms with Crippen molar-refractivity contribution in [1.82, 2.24) is 0 Å². The van der Waals surface area contributed by atoms with E-state index in [0.29, 0.717) is 18.7 Å². The molecule has 0 saturated heterocycles. The van der Waals surface area contributed by atoms with Crippen molar-refractivity contribution < 1.29 is 9.53 Å². The van der Waals surface area contributed by atoms with E-state index in [2.05, 4.69) is 0 Å². The number of methoxy groups -OCH3 is 1. The Hall–Kier alpha value is -1.55. The van der Waals surface area contributed by atoms with Gasteiger partial charge in [0.05, 0.1) is 11.4 Å². The summed E-state index contributed by atoms with van der Waals surface area (Å²) in [5.74, 6) is 0.368. The number of para-hydroxylation sites is 1. The number of hydrogen-bond donors (Lipinski definition) is 1. The Bertz CT molecular complexity index is 445. The first-order valence-corrected chi connectivity index (χ1v) is 6.30. The first-order valence-electron chi connectivity index (χ1n) is 6.30. The molecule has 4 nitrogen and oxygen atoms in total. The molecule has 18 heavy (non-hydrogen) atoms. The molecule has 0 fully saturated rings. The highest BCUT2D eigenvalue weighted by Gasteiger charge is 2.27. The predicted octanol–water partition coefficient (Wildman–Crippen LogP) is 1.83. The van der Waals surface area contributed by atoms with Crippen LogP contribution in [0.5, 0.6) is 0 Å². The van der Waals surface area contributed by atoms with Gasteiger partial charge in [0.1, 0.15) is 0 Å². The lowest BCUT2D eigenvalue weighted by molar-refractivity contribution is -0.119. The van der Waals surface area contributed by atoms with E-state index < -0.39 is 0 Å². The van der Waals surface area contributed by atoms with Crippen molar-refractivity contribution in [3.8, 4) is 0 Å². The van der Waals surface area contributed by atoms with Gasteiger partial charge in [-0.15, -0.1) is 0 Å². The van der Waals surface area contributed by atoms with Gasteiger partial charge in [0.25, 0.3) is 0 Å². The normalized spacial score (nSPS) is 15.6. The Labute approximate surface area is 108 Å². The van der Waals surface area contributed by atoms with Crippen LogP contribution in [0.4, 0.5) is 11.4 Å². The zero-order chi connectivity index (χ0) is 13.1. The van der Waals surface area contributed by atoms with Crippen LogP contribution in [-0.2, 0) is 16.0 Å². The van der Waals surface area contributed by atoms with E-state index in [1.807, 2.05) is 30.0 Å². The van der Waals surface area contributed by atoms with Crippen LogP contribution >= 0.6 is 0 Å². The molecule has 2 N–H and O–H groups in total. The zero-order valence-electron chi connectivity index (χ0n) is 11.0. The molecule has 1 heterocycles. The number of rotatable bonds is 4. The van der Waals surface area contributed by atoms with Gasteiger partial charge in [-0.2, -0.15) is 0 Å². The third-order valence-electron chi connectivity index (χ3n) is 3.30. The SMILES string of the molecule is COCC(C)CC(=O)N1CCc2cccc(N)c21. The minimum atomic E-state index is 0.135. The molecule has 1 aromatic rings. The topological polar surface area (TPSA) is 55.6 Å². The van der Waals surface area contributed by atoms with Crippen molar-refractivity contribution in [1.29, 1.82) is 0 Å². The monoisotopic (exact) mass is 248 g/mol. The number of nitrogens with two attached hydrogens (primary N) is 1. The van der Waals surface area contributed by atoms with E-state index >= 15 is 0 Å². The second-order valence-corrected chi connectivity index (χ2v) is 4.91. The summed E-state index contributed by atoms with van der Waals surface area (Å²) in [6.45, 7) is 3.37. The molecule has 1 amide bonds. The average molecular weight is 248 g/mol. The standard InChI is InChI=1S/C14H20N2O2/c1-10(9-18-2)8-13(17)16-7-6-11-4-3-5-12(15)14(11)16/h3-5,10H,6-9,15H2,1-2H3. The highest BCUT2D eigenvalue weighted by Crippen LogP contribution is 2.34. The maximum Gasteiger partial charge on any atom is 0.227 e. The second-order valence-electron chi connectivity index (χ2n) is 4.91. The number of carbonyl (C=O) groups excluding carboxylic acids is 1. The summed E-state index contributed by atoms with van der Waals surface area (Å²) in [5.41, 5.74) is 8.74. The van der Waals surface area contributed by atoms with E-state index in [9.17, 15) is 4.79 Å². The average Bonchev–Trinajstić information content (AvgIpc) is 2.74. The van der Waals surface area contributed by atoms with Crippen LogP contribution in [-0.4, -0.2) is 26.2 Å². The van der Waals surface area contributed by atoms with Gasteiger partial charge < -0.3 is 15.4 Å². The van der Waals surface area contributed by atoms with Gasteiger partial charge >= 0.3 is 0 Å². The van der Waals surface area contributed by atoms with Gasteiger partial charge in [-0.05, 0) is 24.0 Å². The molecular formula is C14H20N2O2. The Balaban J connectivity index is 2.11. The summed E-state index contributed by atoms with van der Waals surface area (Å²) in [6.07, 6.45) is 1.40. The lowest BCUT2D eigenvalue weighted by Crippen LogP contribution is -2.31. The fourth-order valence-corrected chi connectivity index (χ4v) is 2.49. The van der Waals surface area contributed by atoms with Gasteiger partial charge in [0, 0.05) is 26.7 Å². The Morgan fingerprint density at radius 3 is 3.06 bits per heavy atom. The number of anilines is 2. The van der Waals surface area contributed by atoms with Crippen molar-refractivity contribution >= 4 is 17.3 Å². The van der Waals surface area contributed by atoms with Gasteiger partial charge in [-0.3, -0.25) is 4.79 Å². The number of nitrogen functional groups attached to an aromatic ring is 1. The fourth-order valence-electron chi connectivity index (χ4n) is 2.49. The highest BCUT2D eigenvalue weighted by atomic mass is 16.5. The van der Waals surface area contributed by atoms with Gasteiger partial charge in [0.15, 0.2) is 0 Å². The van der Waals surface area contributed by atoms with Crippen molar-refractivity contribution in [2.24, 2.45) is 5.92 Å². The molecule has 1 aliphatic rings. The molecule has 0 bridgehead atoms. The highest BCUT2D eigenvalue weighted by molar-refractivity contribution is 5.98. The molecule has 4 heteroatoms. The van der Waals surface area contributed by atoms with Crippen molar-refractivity contribution in [3.63, 3.8) is 0 Å². The third kappa shape index (κ3) is 2.48. The van der Waals surface area contributed by atoms with Crippen LogP contribution in [0, 0.1) is 5.92 Å². The molecule has 0 aromatic heterocycles. The first-order chi connectivity index (χ1) is 8.63. The Morgan fingerprint density at radius 1 is 1.56 bits per heavy atom. The Kier molecular flexibility index (Phi) is 3.87. The van der Waals surface area contributed by atoms with E-state index in [0.717, 1.165) is 18.7 Å². The van der Waals surface area contributed by atoms with Gasteiger partial charge in [0.2, 0.25) is 5.91 Å². The quantitative estimate of drug-likeness (QED) is 0.827. The van der Waals surface area contributed by atoms with Crippen molar-refractivity contribution in [3.05, 3.63) is 23.8 Å². The number of ether oxygens (including phenoxy) is 1. The van der Waals surface area contributed by atoms with Crippen LogP contribution in [0.3, 0.4) is 0 Å². The minimum absolute atomic E-state index is 0.135. The Morgan fingerprint density at radius 2 is 2.33 bits per heavy atom. The number of benzene rings is 1. The van der Waals surface area contributed by atoms with Crippen LogP contribution in [0.2, 0.25) is 0 Å². The van der Waals surface area contributed by atoms with E-state index in [-0.39, 0.29) is 11.8 Å². The number of carbonyl (C=O) groups is 1. The number of fused-ring (bicyclic) bond motifs is 1. The van der Waals surface area contributed by atoms with Gasteiger partial charge in [-0.1, -0.05) is 19.1 Å². The number of hydrogen-bond acceptors (Lipinski definition) is 3. The molecule has 1 aliphatic heterocycles. The zero-order valence-corrected chi connectivity index (χ0v) is 11.0. The summed E-state index contributed by atoms with van der Waals surface area (Å²) >= 11 is 0. The lowest BCUT2D eigenvalue weighted by Gasteiger charge is -2.20. The molecule has 0 spiro atoms. The summed E-state index contributed by atoms with van der Waals surface area (Å²) in [7, 11) is 1.66. The fraction of sp³-hybridized carbons (Fsp3) is 0.500. The van der Waals surface area contributed by atoms with Crippen LogP contribution in [0.25, 0.3) is 0 Å². The van der Waals surface area contributed by atoms with Gasteiger partial charge in [-0.25, -0.2) is 0 Å². The summed E-state index contributed by atoms with van der Waals surface area (Å²) in [4.78, 5) is 14.1. The third-order valence-corrected chi connectivity index (χ3v) is 3.30. The van der Waals surface area contributed by atoms with Crippen molar-refractivity contribution in [2.75, 3.05) is 30.9 Å². The van der Waals surface area contributed by atoms with Crippen LogP contribution in [0.1, 0.15) is 18.9 Å². The van der Waals surface area contributed by atoms with E-state index in [1.54, 1.807) is 7.11 Å². The molecular weight excluding hydrogens is 228 g/mol. The summed E-state index contributed by atoms with van der Waals surface area (Å²) in [5, 5.41) is 0. The molecule has 0 radical (unpaired) electrons. The first kappa shape index (κ1) is 12.9. The molecule has 0 aliphatic carbocycles. The van der Waals surface area contributed by atoms with Crippen molar-refractivity contribution in [2.45, 2.75) is 19.8 Å². The van der Waals surface area contributed by atoms with Crippen LogP contribution < -0.4 is 10.6 Å². The maximum atomic E-state index is 12.3. The van der Waals surface area contributed by atoms with Crippen LogP contribution in [0.15, 0.2) is 18.2 Å². The molecule has 1 unspecified atom stereocenters. The number of nitrogens with zero attached hydrogens (tertiary/aromatic N) is 1. The number of amides is 1. The predicted molar refractivity (Wildman–Crippen MR) is 72.6 cm³/mol. The summed E-state index contributed by atoms with van der Waals surface area (Å²) in [6, 6.07) is 5.83. The molecule has 1 aromatic carbocycles. The lowest BCUT2D eigenvalue weighted by atomic mass is 10.1. The largest absolute Gasteiger partial charge is 0.397 e. The minimum Gasteiger partial charge on any atom is -0.397 e.